The highest BCUT2D eigenvalue weighted by molar-refractivity contribution is 5.91. The van der Waals surface area contributed by atoms with E-state index in [4.69, 9.17) is 14.2 Å². The monoisotopic (exact) mass is 302 g/mol. The third kappa shape index (κ3) is 4.31. The van der Waals surface area contributed by atoms with Crippen LogP contribution in [0, 0.1) is 0 Å². The van der Waals surface area contributed by atoms with Crippen LogP contribution in [0.3, 0.4) is 0 Å². The van der Waals surface area contributed by atoms with Crippen molar-refractivity contribution in [3.8, 4) is 17.2 Å². The molecule has 0 aliphatic carbocycles. The van der Waals surface area contributed by atoms with E-state index in [9.17, 15) is 4.79 Å². The number of benzene rings is 2. The zero-order valence-corrected chi connectivity index (χ0v) is 12.5. The smallest absolute Gasteiger partial charge is 0.321 e. The van der Waals surface area contributed by atoms with Gasteiger partial charge in [-0.2, -0.15) is 0 Å². The quantitative estimate of drug-likeness (QED) is 0.805. The van der Waals surface area contributed by atoms with Gasteiger partial charge in [-0.3, -0.25) is 0 Å². The van der Waals surface area contributed by atoms with E-state index in [1.54, 1.807) is 25.3 Å². The molecule has 0 fully saturated rings. The zero-order valence-electron chi connectivity index (χ0n) is 12.5. The summed E-state index contributed by atoms with van der Waals surface area (Å²) in [6.07, 6.45) is 0. The molecule has 0 aliphatic rings. The van der Waals surface area contributed by atoms with Crippen molar-refractivity contribution in [1.82, 2.24) is 5.32 Å². The Kier molecular flexibility index (Phi) is 5.48. The second-order valence-electron chi connectivity index (χ2n) is 4.30. The van der Waals surface area contributed by atoms with Crippen LogP contribution >= 0.6 is 0 Å². The molecule has 2 N–H and O–H groups in total. The van der Waals surface area contributed by atoms with Crippen molar-refractivity contribution in [3.05, 3.63) is 48.5 Å². The number of nitrogens with one attached hydrogen (secondary N) is 2. The van der Waals surface area contributed by atoms with Crippen molar-refractivity contribution in [2.24, 2.45) is 0 Å². The second-order valence-corrected chi connectivity index (χ2v) is 4.30. The van der Waals surface area contributed by atoms with Gasteiger partial charge >= 0.3 is 6.03 Å². The first-order chi connectivity index (χ1) is 10.7. The third-order valence-electron chi connectivity index (χ3n) is 2.87. The Morgan fingerprint density at radius 2 is 1.77 bits per heavy atom. The molecule has 2 aromatic rings. The number of amides is 2. The van der Waals surface area contributed by atoms with Gasteiger partial charge in [0.2, 0.25) is 0 Å². The zero-order chi connectivity index (χ0) is 15.8. The Labute approximate surface area is 129 Å². The van der Waals surface area contributed by atoms with Gasteiger partial charge in [0.1, 0.15) is 17.2 Å². The minimum Gasteiger partial charge on any atom is -0.497 e. The van der Waals surface area contributed by atoms with Crippen molar-refractivity contribution in [3.63, 3.8) is 0 Å². The van der Waals surface area contributed by atoms with Crippen molar-refractivity contribution >= 4 is 11.7 Å². The van der Waals surface area contributed by atoms with E-state index >= 15 is 0 Å². The fraction of sp³-hybridized carbons (Fsp3) is 0.188. The lowest BCUT2D eigenvalue weighted by molar-refractivity contribution is 0.234. The molecule has 0 bridgehead atoms. The largest absolute Gasteiger partial charge is 0.497 e. The van der Waals surface area contributed by atoms with Gasteiger partial charge in [0, 0.05) is 6.07 Å². The number of methoxy groups -OCH3 is 2. The van der Waals surface area contributed by atoms with Gasteiger partial charge in [-0.05, 0) is 24.3 Å². The normalized spacial score (nSPS) is 9.73. The Bertz CT molecular complexity index is 617. The van der Waals surface area contributed by atoms with Crippen LogP contribution in [0.25, 0.3) is 0 Å². The fourth-order valence-corrected chi connectivity index (χ4v) is 1.78. The summed E-state index contributed by atoms with van der Waals surface area (Å²) < 4.78 is 15.7. The molecule has 22 heavy (non-hydrogen) atoms. The summed E-state index contributed by atoms with van der Waals surface area (Å²) in [6, 6.07) is 14.0. The molecule has 0 saturated carbocycles. The molecule has 0 saturated heterocycles. The van der Waals surface area contributed by atoms with E-state index < -0.39 is 6.03 Å². The molecule has 2 rings (SSSR count). The van der Waals surface area contributed by atoms with Gasteiger partial charge in [-0.1, -0.05) is 18.2 Å². The van der Waals surface area contributed by atoms with Crippen LogP contribution in [0.5, 0.6) is 17.2 Å². The first-order valence-electron chi connectivity index (χ1n) is 6.67. The Morgan fingerprint density at radius 1 is 1.00 bits per heavy atom. The maximum Gasteiger partial charge on any atom is 0.321 e. The van der Waals surface area contributed by atoms with Crippen LogP contribution in [0.15, 0.2) is 48.5 Å². The van der Waals surface area contributed by atoms with E-state index in [0.717, 1.165) is 0 Å². The molecule has 2 amide bonds. The predicted octanol–water partition coefficient (Wildman–Crippen LogP) is 2.86. The summed E-state index contributed by atoms with van der Waals surface area (Å²) in [5.41, 5.74) is 0.513. The molecule has 0 aromatic heterocycles. The van der Waals surface area contributed by atoms with Crippen LogP contribution in [-0.2, 0) is 0 Å². The summed E-state index contributed by atoms with van der Waals surface area (Å²) in [4.78, 5) is 11.9. The molecule has 6 heteroatoms. The van der Waals surface area contributed by atoms with Crippen molar-refractivity contribution < 1.29 is 19.0 Å². The number of para-hydroxylation sites is 1. The minimum absolute atomic E-state index is 0.0577. The maximum atomic E-state index is 11.9. The van der Waals surface area contributed by atoms with E-state index in [1.165, 1.54) is 7.11 Å². The highest BCUT2D eigenvalue weighted by Crippen LogP contribution is 2.28. The summed E-state index contributed by atoms with van der Waals surface area (Å²) in [6.45, 7) is 0.0577. The topological polar surface area (TPSA) is 68.8 Å². The van der Waals surface area contributed by atoms with Gasteiger partial charge < -0.3 is 24.8 Å². The molecule has 0 heterocycles. The Hall–Kier alpha value is -2.89. The summed E-state index contributed by atoms with van der Waals surface area (Å²) in [5, 5.41) is 5.29. The molecule has 2 aromatic carbocycles. The number of rotatable bonds is 6. The van der Waals surface area contributed by atoms with E-state index in [1.807, 2.05) is 30.3 Å². The number of carbonyl (C=O) groups excluding carboxylic acids is 1. The molecule has 0 spiro atoms. The fourth-order valence-electron chi connectivity index (χ4n) is 1.78. The highest BCUT2D eigenvalue weighted by atomic mass is 16.5. The average Bonchev–Trinajstić information content (AvgIpc) is 2.55. The van der Waals surface area contributed by atoms with Gasteiger partial charge in [0.05, 0.1) is 19.9 Å². The number of carbonyl (C=O) groups is 1. The maximum absolute atomic E-state index is 11.9. The Balaban J connectivity index is 1.89. The number of anilines is 1. The summed E-state index contributed by atoms with van der Waals surface area (Å²) >= 11 is 0. The molecule has 0 unspecified atom stereocenters. The van der Waals surface area contributed by atoms with Crippen molar-refractivity contribution in [2.45, 2.75) is 0 Å². The molecular weight excluding hydrogens is 284 g/mol. The standard InChI is InChI=1S/C16H18N2O4/c1-20-13-8-9-15(21-2)14(10-13)18-16(19)17-11-22-12-6-4-3-5-7-12/h3-10H,11H2,1-2H3,(H2,17,18,19). The summed E-state index contributed by atoms with van der Waals surface area (Å²) in [5.74, 6) is 1.85. The third-order valence-corrected chi connectivity index (χ3v) is 2.87. The number of hydrogen-bond donors (Lipinski definition) is 2. The lowest BCUT2D eigenvalue weighted by Gasteiger charge is -2.13. The number of hydrogen-bond acceptors (Lipinski definition) is 4. The van der Waals surface area contributed by atoms with Gasteiger partial charge in [0.15, 0.2) is 6.73 Å². The van der Waals surface area contributed by atoms with Crippen LogP contribution < -0.4 is 24.8 Å². The SMILES string of the molecule is COc1ccc(OC)c(NC(=O)NCOc2ccccc2)c1. The Morgan fingerprint density at radius 3 is 2.45 bits per heavy atom. The number of ether oxygens (including phenoxy) is 3. The predicted molar refractivity (Wildman–Crippen MR) is 83.6 cm³/mol. The first-order valence-corrected chi connectivity index (χ1v) is 6.67. The lowest BCUT2D eigenvalue weighted by atomic mass is 10.2. The van der Waals surface area contributed by atoms with Crippen LogP contribution in [0.1, 0.15) is 0 Å². The molecular formula is C16H18N2O4. The van der Waals surface area contributed by atoms with Crippen LogP contribution in [0.4, 0.5) is 10.5 Å². The summed E-state index contributed by atoms with van der Waals surface area (Å²) in [7, 11) is 3.09. The van der Waals surface area contributed by atoms with E-state index in [0.29, 0.717) is 22.9 Å². The average molecular weight is 302 g/mol. The molecule has 0 aliphatic heterocycles. The molecule has 0 radical (unpaired) electrons. The van der Waals surface area contributed by atoms with Gasteiger partial charge in [0.25, 0.3) is 0 Å². The van der Waals surface area contributed by atoms with E-state index in [-0.39, 0.29) is 6.73 Å². The number of urea groups is 1. The minimum atomic E-state index is -0.400. The van der Waals surface area contributed by atoms with Crippen molar-refractivity contribution in [2.75, 3.05) is 26.3 Å². The van der Waals surface area contributed by atoms with E-state index in [2.05, 4.69) is 10.6 Å². The van der Waals surface area contributed by atoms with Crippen LogP contribution in [-0.4, -0.2) is 27.0 Å². The lowest BCUT2D eigenvalue weighted by Crippen LogP contribution is -2.32. The van der Waals surface area contributed by atoms with Crippen molar-refractivity contribution in [1.29, 1.82) is 0 Å². The molecule has 116 valence electrons. The van der Waals surface area contributed by atoms with Crippen LogP contribution in [0.2, 0.25) is 0 Å². The second kappa shape index (κ2) is 7.78. The molecule has 0 atom stereocenters. The highest BCUT2D eigenvalue weighted by Gasteiger charge is 2.08. The molecule has 6 nitrogen and oxygen atoms in total. The first kappa shape index (κ1) is 15.5. The van der Waals surface area contributed by atoms with Gasteiger partial charge in [-0.15, -0.1) is 0 Å². The van der Waals surface area contributed by atoms with Gasteiger partial charge in [-0.25, -0.2) is 4.79 Å².